The predicted octanol–water partition coefficient (Wildman–Crippen LogP) is 3.57. The summed E-state index contributed by atoms with van der Waals surface area (Å²) in [6.45, 7) is 0. The number of hydrogen-bond donors (Lipinski definition) is 0. The average Bonchev–Trinajstić information content (AvgIpc) is 2.29. The normalized spacial score (nSPS) is 11.4. The van der Waals surface area contributed by atoms with Gasteiger partial charge in [-0.3, -0.25) is 4.98 Å². The maximum absolute atomic E-state index is 12.5. The van der Waals surface area contributed by atoms with Crippen LogP contribution in [0.1, 0.15) is 5.56 Å². The largest absolute Gasteiger partial charge is 0.416 e. The van der Waals surface area contributed by atoms with E-state index < -0.39 is 11.7 Å². The summed E-state index contributed by atoms with van der Waals surface area (Å²) in [6, 6.07) is 11.0. The van der Waals surface area contributed by atoms with Crippen molar-refractivity contribution < 1.29 is 13.2 Å². The van der Waals surface area contributed by atoms with Gasteiger partial charge >= 0.3 is 6.18 Å². The summed E-state index contributed by atoms with van der Waals surface area (Å²) in [5.41, 5.74) is 0.285. The van der Waals surface area contributed by atoms with E-state index in [-0.39, 0.29) is 0 Å². The summed E-state index contributed by atoms with van der Waals surface area (Å²) in [5.74, 6) is 0. The van der Waals surface area contributed by atoms with E-state index >= 15 is 0 Å². The molecule has 16 heavy (non-hydrogen) atoms. The van der Waals surface area contributed by atoms with Gasteiger partial charge < -0.3 is 0 Å². The molecule has 0 aliphatic heterocycles. The second-order valence-electron chi connectivity index (χ2n) is 3.22. The van der Waals surface area contributed by atoms with Gasteiger partial charge in [-0.15, -0.1) is 0 Å². The van der Waals surface area contributed by atoms with Crippen LogP contribution in [0, 0.1) is 6.07 Å². The van der Waals surface area contributed by atoms with Gasteiger partial charge in [-0.05, 0) is 18.2 Å². The molecule has 0 unspecified atom stereocenters. The topological polar surface area (TPSA) is 12.9 Å². The molecule has 1 aromatic carbocycles. The Labute approximate surface area is 90.6 Å². The number of halogens is 3. The van der Waals surface area contributed by atoms with Gasteiger partial charge in [0, 0.05) is 17.8 Å². The Bertz CT molecular complexity index is 477. The zero-order valence-electron chi connectivity index (χ0n) is 8.12. The molecule has 1 nitrogen and oxygen atoms in total. The van der Waals surface area contributed by atoms with Crippen LogP contribution in [0.2, 0.25) is 0 Å². The molecule has 1 aromatic heterocycles. The van der Waals surface area contributed by atoms with Crippen LogP contribution in [0.4, 0.5) is 13.2 Å². The number of benzene rings is 1. The number of aromatic nitrogens is 1. The Morgan fingerprint density at radius 3 is 2.56 bits per heavy atom. The minimum atomic E-state index is -4.32. The van der Waals surface area contributed by atoms with Crippen molar-refractivity contribution in [3.63, 3.8) is 0 Å². The molecule has 0 aliphatic carbocycles. The molecule has 0 atom stereocenters. The molecule has 0 bridgehead atoms. The molecule has 2 rings (SSSR count). The molecule has 4 heteroatoms. The molecule has 0 amide bonds. The third kappa shape index (κ3) is 2.21. The monoisotopic (exact) mass is 222 g/mol. The number of nitrogens with zero attached hydrogens (tertiary/aromatic N) is 1. The lowest BCUT2D eigenvalue weighted by molar-refractivity contribution is -0.137. The summed E-state index contributed by atoms with van der Waals surface area (Å²) in [4.78, 5) is 3.95. The highest BCUT2D eigenvalue weighted by Gasteiger charge is 2.30. The van der Waals surface area contributed by atoms with Gasteiger partial charge in [0.1, 0.15) is 0 Å². The Kier molecular flexibility index (Phi) is 2.64. The molecule has 0 saturated heterocycles. The minimum Gasteiger partial charge on any atom is -0.256 e. The van der Waals surface area contributed by atoms with Crippen molar-refractivity contribution in [2.24, 2.45) is 0 Å². The van der Waals surface area contributed by atoms with Crippen LogP contribution in [-0.4, -0.2) is 4.98 Å². The Hall–Kier alpha value is -1.84. The van der Waals surface area contributed by atoms with Crippen molar-refractivity contribution in [1.29, 1.82) is 0 Å². The third-order valence-corrected chi connectivity index (χ3v) is 2.10. The molecule has 0 N–H and O–H groups in total. The molecule has 1 heterocycles. The highest BCUT2D eigenvalue weighted by molar-refractivity contribution is 5.59. The van der Waals surface area contributed by atoms with Gasteiger partial charge in [-0.2, -0.15) is 13.2 Å². The van der Waals surface area contributed by atoms with Gasteiger partial charge in [0.2, 0.25) is 0 Å². The molecule has 0 fully saturated rings. The van der Waals surface area contributed by atoms with Crippen LogP contribution in [0.15, 0.2) is 42.6 Å². The summed E-state index contributed by atoms with van der Waals surface area (Å²) in [7, 11) is 0. The molecular weight excluding hydrogens is 215 g/mol. The fourth-order valence-corrected chi connectivity index (χ4v) is 1.35. The zero-order valence-corrected chi connectivity index (χ0v) is 8.12. The molecular formula is C12H7F3N. The summed E-state index contributed by atoms with van der Waals surface area (Å²) in [6.07, 6.45) is -2.90. The van der Waals surface area contributed by atoms with Crippen LogP contribution in [0.25, 0.3) is 11.3 Å². The van der Waals surface area contributed by atoms with Gasteiger partial charge in [0.15, 0.2) is 0 Å². The first-order valence-corrected chi connectivity index (χ1v) is 4.57. The maximum atomic E-state index is 12.5. The maximum Gasteiger partial charge on any atom is 0.416 e. The lowest BCUT2D eigenvalue weighted by atomic mass is 10.1. The molecule has 2 aromatic rings. The van der Waals surface area contributed by atoms with Gasteiger partial charge in [0.05, 0.1) is 11.3 Å². The minimum absolute atomic E-state index is 0.448. The highest BCUT2D eigenvalue weighted by atomic mass is 19.4. The second kappa shape index (κ2) is 3.96. The van der Waals surface area contributed by atoms with Crippen molar-refractivity contribution in [1.82, 2.24) is 4.98 Å². The lowest BCUT2D eigenvalue weighted by Gasteiger charge is -2.08. The first kappa shape index (κ1) is 10.7. The van der Waals surface area contributed by atoms with E-state index in [0.29, 0.717) is 11.3 Å². The quantitative estimate of drug-likeness (QED) is 0.718. The number of pyridine rings is 1. The van der Waals surface area contributed by atoms with Crippen LogP contribution >= 0.6 is 0 Å². The number of rotatable bonds is 1. The SMILES string of the molecule is FC(F)(F)c1cccc(-c2cc[c]cn2)c1. The van der Waals surface area contributed by atoms with E-state index in [9.17, 15) is 13.2 Å². The van der Waals surface area contributed by atoms with E-state index in [1.165, 1.54) is 12.3 Å². The van der Waals surface area contributed by atoms with E-state index in [0.717, 1.165) is 12.1 Å². The Balaban J connectivity index is 2.45. The van der Waals surface area contributed by atoms with E-state index in [2.05, 4.69) is 11.1 Å². The number of alkyl halides is 3. The van der Waals surface area contributed by atoms with Crippen LogP contribution in [0.5, 0.6) is 0 Å². The molecule has 0 saturated carbocycles. The first-order chi connectivity index (χ1) is 7.57. The molecule has 0 aliphatic rings. The second-order valence-corrected chi connectivity index (χ2v) is 3.22. The van der Waals surface area contributed by atoms with Gasteiger partial charge in [-0.1, -0.05) is 18.2 Å². The first-order valence-electron chi connectivity index (χ1n) is 4.57. The smallest absolute Gasteiger partial charge is 0.256 e. The van der Waals surface area contributed by atoms with Crippen molar-refractivity contribution in [2.45, 2.75) is 6.18 Å². The van der Waals surface area contributed by atoms with Gasteiger partial charge in [0.25, 0.3) is 0 Å². The molecule has 1 radical (unpaired) electrons. The van der Waals surface area contributed by atoms with E-state index in [1.807, 2.05) is 0 Å². The van der Waals surface area contributed by atoms with Crippen LogP contribution in [-0.2, 0) is 6.18 Å². The fraction of sp³-hybridized carbons (Fsp3) is 0.0833. The van der Waals surface area contributed by atoms with Crippen LogP contribution in [0.3, 0.4) is 0 Å². The Morgan fingerprint density at radius 1 is 1.12 bits per heavy atom. The fourth-order valence-electron chi connectivity index (χ4n) is 1.35. The van der Waals surface area contributed by atoms with Gasteiger partial charge in [-0.25, -0.2) is 0 Å². The predicted molar refractivity (Wildman–Crippen MR) is 53.5 cm³/mol. The summed E-state index contributed by atoms with van der Waals surface area (Å²) < 4.78 is 37.4. The average molecular weight is 222 g/mol. The van der Waals surface area contributed by atoms with Crippen molar-refractivity contribution in [3.8, 4) is 11.3 Å². The third-order valence-electron chi connectivity index (χ3n) is 2.10. The van der Waals surface area contributed by atoms with Crippen molar-refractivity contribution in [2.75, 3.05) is 0 Å². The summed E-state index contributed by atoms with van der Waals surface area (Å²) >= 11 is 0. The molecule has 81 valence electrons. The Morgan fingerprint density at radius 2 is 1.94 bits per heavy atom. The zero-order chi connectivity index (χ0) is 11.6. The van der Waals surface area contributed by atoms with Crippen molar-refractivity contribution in [3.05, 3.63) is 54.2 Å². The number of hydrogen-bond acceptors (Lipinski definition) is 1. The van der Waals surface area contributed by atoms with E-state index in [1.54, 1.807) is 18.2 Å². The summed E-state index contributed by atoms with van der Waals surface area (Å²) in [5, 5.41) is 0. The van der Waals surface area contributed by atoms with Crippen molar-refractivity contribution >= 4 is 0 Å². The highest BCUT2D eigenvalue weighted by Crippen LogP contribution is 2.31. The standard InChI is InChI=1S/C12H7F3N/c13-12(14,15)10-5-3-4-9(8-10)11-6-1-2-7-16-11/h1,3-8H. The lowest BCUT2D eigenvalue weighted by Crippen LogP contribution is -2.04. The van der Waals surface area contributed by atoms with Crippen LogP contribution < -0.4 is 0 Å². The molecule has 0 spiro atoms. The van der Waals surface area contributed by atoms with E-state index in [4.69, 9.17) is 0 Å².